The Labute approximate surface area is 138 Å². The Hall–Kier alpha value is -1.46. The highest BCUT2D eigenvalue weighted by atomic mass is 19.1. The van der Waals surface area contributed by atoms with Crippen LogP contribution < -0.4 is 5.32 Å². The Morgan fingerprint density at radius 3 is 2.48 bits per heavy atom. The zero-order valence-electron chi connectivity index (χ0n) is 14.4. The number of nitrogens with zero attached hydrogens (tertiary/aromatic N) is 2. The number of carbonyl (C=O) groups is 1. The summed E-state index contributed by atoms with van der Waals surface area (Å²) in [6, 6.07) is 6.43. The summed E-state index contributed by atoms with van der Waals surface area (Å²) in [5.41, 5.74) is 0.120. The van der Waals surface area contributed by atoms with Crippen molar-refractivity contribution >= 4 is 5.91 Å². The third-order valence-corrected chi connectivity index (χ3v) is 4.41. The summed E-state index contributed by atoms with van der Waals surface area (Å²) < 4.78 is 13.7. The van der Waals surface area contributed by atoms with Crippen LogP contribution in [0.4, 0.5) is 4.39 Å². The molecular formula is C18H28FN3O. The SMILES string of the molecule is CC(C)CC(CNC(=O)c1ccccc1F)N1CCN(C)CC1. The monoisotopic (exact) mass is 321 g/mol. The van der Waals surface area contributed by atoms with Gasteiger partial charge in [0.1, 0.15) is 5.82 Å². The number of carbonyl (C=O) groups excluding carboxylic acids is 1. The summed E-state index contributed by atoms with van der Waals surface area (Å²) in [5, 5.41) is 2.92. The minimum atomic E-state index is -0.468. The fourth-order valence-corrected chi connectivity index (χ4v) is 3.04. The van der Waals surface area contributed by atoms with Gasteiger partial charge in [-0.15, -0.1) is 0 Å². The highest BCUT2D eigenvalue weighted by Crippen LogP contribution is 2.14. The van der Waals surface area contributed by atoms with E-state index in [4.69, 9.17) is 0 Å². The normalized spacial score (nSPS) is 18.1. The van der Waals surface area contributed by atoms with E-state index in [1.54, 1.807) is 12.1 Å². The minimum absolute atomic E-state index is 0.120. The van der Waals surface area contributed by atoms with E-state index in [0.29, 0.717) is 18.5 Å². The topological polar surface area (TPSA) is 35.6 Å². The second-order valence-electron chi connectivity index (χ2n) is 6.81. The molecule has 0 spiro atoms. The molecule has 1 amide bonds. The van der Waals surface area contributed by atoms with Crippen LogP contribution in [-0.4, -0.2) is 61.5 Å². The number of amides is 1. The predicted molar refractivity (Wildman–Crippen MR) is 91.0 cm³/mol. The molecule has 0 aliphatic carbocycles. The third kappa shape index (κ3) is 5.29. The Bertz CT molecular complexity index is 513. The van der Waals surface area contributed by atoms with Crippen molar-refractivity contribution in [3.05, 3.63) is 35.6 Å². The van der Waals surface area contributed by atoms with Gasteiger partial charge in [-0.3, -0.25) is 9.69 Å². The summed E-state index contributed by atoms with van der Waals surface area (Å²) in [7, 11) is 2.13. The van der Waals surface area contributed by atoms with Crippen molar-refractivity contribution in [1.82, 2.24) is 15.1 Å². The second kappa shape index (κ2) is 8.41. The summed E-state index contributed by atoms with van der Waals surface area (Å²) in [6.45, 7) is 9.09. The first-order valence-corrected chi connectivity index (χ1v) is 8.42. The summed E-state index contributed by atoms with van der Waals surface area (Å²) in [5.74, 6) is -0.235. The van der Waals surface area contributed by atoms with Gasteiger partial charge < -0.3 is 10.2 Å². The number of nitrogens with one attached hydrogen (secondary N) is 1. The van der Waals surface area contributed by atoms with Crippen molar-refractivity contribution in [1.29, 1.82) is 0 Å². The van der Waals surface area contributed by atoms with Crippen molar-refractivity contribution in [2.24, 2.45) is 5.92 Å². The molecule has 1 atom stereocenters. The molecule has 1 saturated heterocycles. The van der Waals surface area contributed by atoms with Gasteiger partial charge in [0, 0.05) is 38.8 Å². The summed E-state index contributed by atoms with van der Waals surface area (Å²) in [4.78, 5) is 17.0. The van der Waals surface area contributed by atoms with Crippen LogP contribution in [0.1, 0.15) is 30.6 Å². The zero-order valence-corrected chi connectivity index (χ0v) is 14.4. The molecule has 1 aliphatic heterocycles. The van der Waals surface area contributed by atoms with Crippen LogP contribution in [-0.2, 0) is 0 Å². The lowest BCUT2D eigenvalue weighted by Gasteiger charge is -2.38. The molecular weight excluding hydrogens is 293 g/mol. The lowest BCUT2D eigenvalue weighted by Crippen LogP contribution is -2.52. The van der Waals surface area contributed by atoms with Crippen LogP contribution in [0.3, 0.4) is 0 Å². The Balaban J connectivity index is 1.95. The largest absolute Gasteiger partial charge is 0.350 e. The molecule has 1 heterocycles. The van der Waals surface area contributed by atoms with Gasteiger partial charge in [-0.1, -0.05) is 26.0 Å². The maximum Gasteiger partial charge on any atom is 0.254 e. The fourth-order valence-electron chi connectivity index (χ4n) is 3.04. The smallest absolute Gasteiger partial charge is 0.254 e. The quantitative estimate of drug-likeness (QED) is 0.873. The maximum atomic E-state index is 13.7. The predicted octanol–water partition coefficient (Wildman–Crippen LogP) is 2.22. The molecule has 1 N–H and O–H groups in total. The molecule has 2 rings (SSSR count). The first-order valence-electron chi connectivity index (χ1n) is 8.42. The molecule has 5 heteroatoms. The summed E-state index contributed by atoms with van der Waals surface area (Å²) in [6.07, 6.45) is 1.03. The van der Waals surface area contributed by atoms with E-state index in [2.05, 4.69) is 36.0 Å². The first kappa shape index (κ1) is 17.9. The van der Waals surface area contributed by atoms with E-state index in [-0.39, 0.29) is 11.5 Å². The molecule has 0 saturated carbocycles. The Morgan fingerprint density at radius 2 is 1.87 bits per heavy atom. The molecule has 1 aliphatic rings. The highest BCUT2D eigenvalue weighted by Gasteiger charge is 2.24. The molecule has 128 valence electrons. The molecule has 1 aromatic carbocycles. The molecule has 0 bridgehead atoms. The lowest BCUT2D eigenvalue weighted by molar-refractivity contribution is 0.0848. The van der Waals surface area contributed by atoms with Crippen LogP contribution in [0.2, 0.25) is 0 Å². The van der Waals surface area contributed by atoms with Crippen molar-refractivity contribution in [3.8, 4) is 0 Å². The van der Waals surface area contributed by atoms with Gasteiger partial charge in [0.2, 0.25) is 0 Å². The van der Waals surface area contributed by atoms with Gasteiger partial charge in [-0.25, -0.2) is 4.39 Å². The Kier molecular flexibility index (Phi) is 6.54. The van der Waals surface area contributed by atoms with Crippen LogP contribution in [0.15, 0.2) is 24.3 Å². The van der Waals surface area contributed by atoms with Gasteiger partial charge >= 0.3 is 0 Å². The first-order chi connectivity index (χ1) is 11.0. The molecule has 0 aromatic heterocycles. The van der Waals surface area contributed by atoms with E-state index in [9.17, 15) is 9.18 Å². The molecule has 1 fully saturated rings. The third-order valence-electron chi connectivity index (χ3n) is 4.41. The van der Waals surface area contributed by atoms with E-state index in [1.165, 1.54) is 12.1 Å². The van der Waals surface area contributed by atoms with Crippen molar-refractivity contribution in [2.45, 2.75) is 26.3 Å². The van der Waals surface area contributed by atoms with Crippen LogP contribution >= 0.6 is 0 Å². The second-order valence-corrected chi connectivity index (χ2v) is 6.81. The Morgan fingerprint density at radius 1 is 1.22 bits per heavy atom. The number of hydrogen-bond donors (Lipinski definition) is 1. The van der Waals surface area contributed by atoms with E-state index in [1.807, 2.05) is 0 Å². The fraction of sp³-hybridized carbons (Fsp3) is 0.611. The van der Waals surface area contributed by atoms with Gasteiger partial charge in [0.15, 0.2) is 0 Å². The number of likely N-dealkylation sites (N-methyl/N-ethyl adjacent to an activating group) is 1. The maximum absolute atomic E-state index is 13.7. The van der Waals surface area contributed by atoms with Gasteiger partial charge in [0.05, 0.1) is 5.56 Å². The number of benzene rings is 1. The number of halogens is 1. The standard InChI is InChI=1S/C18H28FN3O/c1-14(2)12-15(22-10-8-21(3)9-11-22)13-20-18(23)16-6-4-5-7-17(16)19/h4-7,14-15H,8-13H2,1-3H3,(H,20,23). The number of rotatable bonds is 6. The minimum Gasteiger partial charge on any atom is -0.350 e. The number of piperazine rings is 1. The number of hydrogen-bond acceptors (Lipinski definition) is 3. The van der Waals surface area contributed by atoms with Gasteiger partial charge in [0.25, 0.3) is 5.91 Å². The van der Waals surface area contributed by atoms with Crippen LogP contribution in [0.25, 0.3) is 0 Å². The van der Waals surface area contributed by atoms with E-state index in [0.717, 1.165) is 32.6 Å². The van der Waals surface area contributed by atoms with E-state index < -0.39 is 5.82 Å². The molecule has 1 unspecified atom stereocenters. The van der Waals surface area contributed by atoms with Crippen molar-refractivity contribution in [2.75, 3.05) is 39.8 Å². The lowest BCUT2D eigenvalue weighted by atomic mass is 10.0. The summed E-state index contributed by atoms with van der Waals surface area (Å²) >= 11 is 0. The molecule has 4 nitrogen and oxygen atoms in total. The van der Waals surface area contributed by atoms with Gasteiger partial charge in [-0.2, -0.15) is 0 Å². The molecule has 1 aromatic rings. The van der Waals surface area contributed by atoms with Crippen LogP contribution in [0.5, 0.6) is 0 Å². The van der Waals surface area contributed by atoms with Crippen LogP contribution in [0, 0.1) is 11.7 Å². The average Bonchev–Trinajstić information content (AvgIpc) is 2.52. The van der Waals surface area contributed by atoms with Crippen molar-refractivity contribution in [3.63, 3.8) is 0 Å². The van der Waals surface area contributed by atoms with Crippen molar-refractivity contribution < 1.29 is 9.18 Å². The molecule has 23 heavy (non-hydrogen) atoms. The molecule has 0 radical (unpaired) electrons. The van der Waals surface area contributed by atoms with E-state index >= 15 is 0 Å². The van der Waals surface area contributed by atoms with Gasteiger partial charge in [-0.05, 0) is 31.5 Å². The zero-order chi connectivity index (χ0) is 16.8. The average molecular weight is 321 g/mol. The highest BCUT2D eigenvalue weighted by molar-refractivity contribution is 5.94.